The van der Waals surface area contributed by atoms with Crippen LogP contribution in [0.1, 0.15) is 0 Å². The maximum atomic E-state index is 12.7. The van der Waals surface area contributed by atoms with Crippen molar-refractivity contribution in [3.05, 3.63) is 55.7 Å². The van der Waals surface area contributed by atoms with Crippen LogP contribution in [0.2, 0.25) is 0 Å². The van der Waals surface area contributed by atoms with Crippen molar-refractivity contribution in [2.45, 2.75) is 0 Å². The van der Waals surface area contributed by atoms with E-state index in [-0.39, 0.29) is 5.56 Å². The van der Waals surface area contributed by atoms with Crippen LogP contribution in [-0.2, 0) is 0 Å². The number of hydrogen-bond acceptors (Lipinski definition) is 2. The molecule has 4 rings (SSSR count). The van der Waals surface area contributed by atoms with Gasteiger partial charge in [-0.2, -0.15) is 0 Å². The van der Waals surface area contributed by atoms with Crippen molar-refractivity contribution in [1.29, 1.82) is 0 Å². The van der Waals surface area contributed by atoms with Crippen LogP contribution in [0, 0.1) is 0 Å². The fraction of sp³-hybridized carbons (Fsp3) is 0. The minimum atomic E-state index is -0.0792. The zero-order chi connectivity index (χ0) is 13.9. The van der Waals surface area contributed by atoms with E-state index in [0.717, 1.165) is 25.5 Å². The van der Waals surface area contributed by atoms with Crippen LogP contribution in [0.3, 0.4) is 0 Å². The minimum absolute atomic E-state index is 0.0792. The van der Waals surface area contributed by atoms with E-state index in [2.05, 4.69) is 41.8 Å². The molecule has 0 saturated heterocycles. The summed E-state index contributed by atoms with van der Waals surface area (Å²) >= 11 is 6.89. The number of rotatable bonds is 0. The molecule has 0 saturated carbocycles. The molecule has 2 heterocycles. The van der Waals surface area contributed by atoms with Crippen LogP contribution in [0.4, 0.5) is 0 Å². The van der Waals surface area contributed by atoms with Gasteiger partial charge in [0.05, 0.1) is 21.9 Å². The molecule has 0 fully saturated rings. The van der Waals surface area contributed by atoms with E-state index < -0.39 is 0 Å². The molecule has 4 aromatic rings. The number of imidazole rings is 1. The van der Waals surface area contributed by atoms with E-state index in [9.17, 15) is 4.79 Å². The first-order valence-electron chi connectivity index (χ1n) is 5.93. The lowest BCUT2D eigenvalue weighted by Crippen LogP contribution is -2.14. The monoisotopic (exact) mass is 391 g/mol. The number of hydrogen-bond donors (Lipinski definition) is 1. The molecule has 2 aromatic carbocycles. The molecular formula is C14H7Br2N3O. The number of nitrogens with zero attached hydrogens (tertiary/aromatic N) is 2. The van der Waals surface area contributed by atoms with Crippen LogP contribution in [0.15, 0.2) is 50.1 Å². The summed E-state index contributed by atoms with van der Waals surface area (Å²) in [5, 5.41) is 0.613. The quantitative estimate of drug-likeness (QED) is 0.494. The molecule has 0 aliphatic carbocycles. The van der Waals surface area contributed by atoms with E-state index >= 15 is 0 Å². The van der Waals surface area contributed by atoms with Gasteiger partial charge in [-0.1, -0.05) is 28.1 Å². The highest BCUT2D eigenvalue weighted by Crippen LogP contribution is 2.26. The second-order valence-corrected chi connectivity index (χ2v) is 6.27. The minimum Gasteiger partial charge on any atom is -0.324 e. The second-order valence-electron chi connectivity index (χ2n) is 4.50. The number of halogens is 2. The molecule has 0 aliphatic heterocycles. The zero-order valence-electron chi connectivity index (χ0n) is 10.0. The Kier molecular flexibility index (Phi) is 2.52. The van der Waals surface area contributed by atoms with Gasteiger partial charge in [0.15, 0.2) is 0 Å². The van der Waals surface area contributed by atoms with Crippen LogP contribution in [-0.4, -0.2) is 14.4 Å². The Bertz CT molecular complexity index is 1050. The number of fused-ring (bicyclic) bond motifs is 4. The van der Waals surface area contributed by atoms with Crippen LogP contribution >= 0.6 is 31.9 Å². The fourth-order valence-corrected chi connectivity index (χ4v) is 3.74. The summed E-state index contributed by atoms with van der Waals surface area (Å²) in [7, 11) is 0. The maximum absolute atomic E-state index is 12.7. The molecular weight excluding hydrogens is 386 g/mol. The Balaban J connectivity index is 2.35. The van der Waals surface area contributed by atoms with Gasteiger partial charge >= 0.3 is 0 Å². The smallest absolute Gasteiger partial charge is 0.267 e. The van der Waals surface area contributed by atoms with Gasteiger partial charge in [-0.3, -0.25) is 4.79 Å². The van der Waals surface area contributed by atoms with Gasteiger partial charge in [0, 0.05) is 8.95 Å². The first-order chi connectivity index (χ1) is 9.65. The molecule has 0 atom stereocenters. The number of nitrogens with one attached hydrogen (secondary N) is 1. The molecule has 0 aliphatic rings. The van der Waals surface area contributed by atoms with Gasteiger partial charge in [-0.25, -0.2) is 9.38 Å². The Morgan fingerprint density at radius 1 is 1.15 bits per heavy atom. The van der Waals surface area contributed by atoms with Crippen molar-refractivity contribution in [2.75, 3.05) is 0 Å². The van der Waals surface area contributed by atoms with Crippen molar-refractivity contribution < 1.29 is 0 Å². The lowest BCUT2D eigenvalue weighted by atomic mass is 10.2. The van der Waals surface area contributed by atoms with Crippen molar-refractivity contribution in [2.24, 2.45) is 0 Å². The van der Waals surface area contributed by atoms with Gasteiger partial charge in [0.2, 0.25) is 5.78 Å². The van der Waals surface area contributed by atoms with Gasteiger partial charge in [-0.05, 0) is 40.2 Å². The Hall–Kier alpha value is -1.66. The SMILES string of the molecule is O=c1c2cc(Br)cc(Br)c2[nH]c2nc3ccccc3n12. The van der Waals surface area contributed by atoms with Gasteiger partial charge in [0.25, 0.3) is 5.56 Å². The van der Waals surface area contributed by atoms with Gasteiger partial charge in [-0.15, -0.1) is 0 Å². The topological polar surface area (TPSA) is 50.2 Å². The van der Waals surface area contributed by atoms with E-state index in [1.165, 1.54) is 0 Å². The summed E-state index contributed by atoms with van der Waals surface area (Å²) in [5.74, 6) is 0.548. The van der Waals surface area contributed by atoms with Crippen molar-refractivity contribution in [3.8, 4) is 0 Å². The van der Waals surface area contributed by atoms with Crippen LogP contribution in [0.25, 0.3) is 27.7 Å². The summed E-state index contributed by atoms with van der Waals surface area (Å²) in [6, 6.07) is 11.3. The normalized spacial score (nSPS) is 11.7. The highest BCUT2D eigenvalue weighted by molar-refractivity contribution is 9.11. The third kappa shape index (κ3) is 1.58. The summed E-state index contributed by atoms with van der Waals surface area (Å²) < 4.78 is 3.29. The maximum Gasteiger partial charge on any atom is 0.267 e. The molecule has 98 valence electrons. The molecule has 0 amide bonds. The van der Waals surface area contributed by atoms with Crippen molar-refractivity contribution in [3.63, 3.8) is 0 Å². The number of aromatic nitrogens is 3. The van der Waals surface area contributed by atoms with Crippen molar-refractivity contribution in [1.82, 2.24) is 14.4 Å². The van der Waals surface area contributed by atoms with Crippen LogP contribution < -0.4 is 5.56 Å². The average Bonchev–Trinajstić information content (AvgIpc) is 2.79. The lowest BCUT2D eigenvalue weighted by Gasteiger charge is -2.03. The molecule has 0 spiro atoms. The van der Waals surface area contributed by atoms with E-state index in [4.69, 9.17) is 0 Å². The molecule has 0 unspecified atom stereocenters. The predicted octanol–water partition coefficient (Wildman–Crippen LogP) is 3.85. The first kappa shape index (κ1) is 12.1. The zero-order valence-corrected chi connectivity index (χ0v) is 13.2. The fourth-order valence-electron chi connectivity index (χ4n) is 2.42. The molecule has 20 heavy (non-hydrogen) atoms. The van der Waals surface area contributed by atoms with E-state index in [1.807, 2.05) is 36.4 Å². The highest BCUT2D eigenvalue weighted by Gasteiger charge is 2.12. The number of para-hydroxylation sites is 2. The average molecular weight is 393 g/mol. The summed E-state index contributed by atoms with van der Waals surface area (Å²) in [4.78, 5) is 20.4. The molecule has 1 N–H and O–H groups in total. The van der Waals surface area contributed by atoms with Crippen molar-refractivity contribution >= 4 is 59.6 Å². The Labute approximate surface area is 129 Å². The van der Waals surface area contributed by atoms with E-state index in [0.29, 0.717) is 11.2 Å². The standard InChI is InChI=1S/C14H7Br2N3O/c15-7-5-8-12(9(16)6-7)18-14-17-10-3-1-2-4-11(10)19(14)13(8)20/h1-6H,(H,17,18). The third-order valence-electron chi connectivity index (χ3n) is 3.29. The largest absolute Gasteiger partial charge is 0.324 e. The molecule has 0 radical (unpaired) electrons. The summed E-state index contributed by atoms with van der Waals surface area (Å²) in [6.07, 6.45) is 0. The van der Waals surface area contributed by atoms with Gasteiger partial charge < -0.3 is 4.98 Å². The number of aromatic amines is 1. The van der Waals surface area contributed by atoms with E-state index in [1.54, 1.807) is 4.40 Å². The molecule has 2 aromatic heterocycles. The Morgan fingerprint density at radius 3 is 2.80 bits per heavy atom. The highest BCUT2D eigenvalue weighted by atomic mass is 79.9. The number of benzene rings is 2. The molecule has 0 bridgehead atoms. The number of H-pyrrole nitrogens is 1. The lowest BCUT2D eigenvalue weighted by molar-refractivity contribution is 1.12. The second kappa shape index (κ2) is 4.17. The summed E-state index contributed by atoms with van der Waals surface area (Å²) in [5.41, 5.74) is 2.28. The van der Waals surface area contributed by atoms with Gasteiger partial charge in [0.1, 0.15) is 0 Å². The molecule has 6 heteroatoms. The molecule has 4 nitrogen and oxygen atoms in total. The summed E-state index contributed by atoms with van der Waals surface area (Å²) in [6.45, 7) is 0. The Morgan fingerprint density at radius 2 is 1.95 bits per heavy atom. The first-order valence-corrected chi connectivity index (χ1v) is 7.52. The van der Waals surface area contributed by atoms with Crippen LogP contribution in [0.5, 0.6) is 0 Å². The third-order valence-corrected chi connectivity index (χ3v) is 4.37. The predicted molar refractivity (Wildman–Crippen MR) is 86.2 cm³/mol.